The Labute approximate surface area is 195 Å². The van der Waals surface area contributed by atoms with Crippen LogP contribution in [0.2, 0.25) is 0 Å². The van der Waals surface area contributed by atoms with Crippen molar-refractivity contribution in [2.45, 2.75) is 32.9 Å². The van der Waals surface area contributed by atoms with Crippen LogP contribution >= 0.6 is 0 Å². The first-order valence-electron chi connectivity index (χ1n) is 10.5. The molecule has 0 aliphatic heterocycles. The second-order valence-corrected chi connectivity index (χ2v) is 7.85. The van der Waals surface area contributed by atoms with Crippen molar-refractivity contribution in [2.75, 3.05) is 22.2 Å². The van der Waals surface area contributed by atoms with Gasteiger partial charge in [-0.3, -0.25) is 9.80 Å². The fraction of sp³-hybridized carbons (Fsp3) is 0.304. The summed E-state index contributed by atoms with van der Waals surface area (Å²) in [6, 6.07) is 10.1. The maximum atomic E-state index is 13.1. The lowest BCUT2D eigenvalue weighted by atomic mass is 10.1. The number of nitrogens with two attached hydrogens (primary N) is 2. The zero-order valence-electron chi connectivity index (χ0n) is 18.9. The van der Waals surface area contributed by atoms with E-state index in [2.05, 4.69) is 10.6 Å². The van der Waals surface area contributed by atoms with Gasteiger partial charge in [0.25, 0.3) is 0 Å². The van der Waals surface area contributed by atoms with Crippen LogP contribution < -0.4 is 27.2 Å². The number of nitrogens with one attached hydrogen (secondary N) is 2. The van der Waals surface area contributed by atoms with E-state index in [1.54, 1.807) is 12.1 Å². The molecule has 2 aromatic carbocycles. The van der Waals surface area contributed by atoms with Crippen LogP contribution in [0.3, 0.4) is 0 Å². The number of alkyl halides is 3. The van der Waals surface area contributed by atoms with E-state index < -0.39 is 17.8 Å². The van der Waals surface area contributed by atoms with Crippen LogP contribution in [-0.2, 0) is 15.7 Å². The molecule has 0 saturated heterocycles. The third kappa shape index (κ3) is 8.66. The molecule has 6 N–H and O–H groups in total. The highest BCUT2D eigenvalue weighted by Crippen LogP contribution is 2.34. The monoisotopic (exact) mass is 479 g/mol. The molecule has 0 saturated carbocycles. The van der Waals surface area contributed by atoms with E-state index in [4.69, 9.17) is 16.3 Å². The van der Waals surface area contributed by atoms with Crippen molar-refractivity contribution >= 4 is 29.1 Å². The SMILES string of the molecule is CC(C)CC(=O)OCC/C(N)=C/N(N)c1ccc(NC(=O)Nc2ccccc2C(F)(F)F)cc1. The van der Waals surface area contributed by atoms with Crippen molar-refractivity contribution < 1.29 is 27.5 Å². The summed E-state index contributed by atoms with van der Waals surface area (Å²) in [7, 11) is 0. The normalized spacial score (nSPS) is 11.8. The number of amides is 2. The molecule has 0 aliphatic carbocycles. The van der Waals surface area contributed by atoms with Crippen molar-refractivity contribution in [3.05, 3.63) is 66.0 Å². The number of carbonyl (C=O) groups is 2. The Balaban J connectivity index is 1.90. The van der Waals surface area contributed by atoms with Crippen LogP contribution in [-0.4, -0.2) is 18.6 Å². The van der Waals surface area contributed by atoms with Crippen molar-refractivity contribution in [1.29, 1.82) is 0 Å². The number of esters is 1. The Morgan fingerprint density at radius 2 is 1.74 bits per heavy atom. The predicted octanol–water partition coefficient (Wildman–Crippen LogP) is 4.81. The molecule has 0 unspecified atom stereocenters. The van der Waals surface area contributed by atoms with Gasteiger partial charge in [-0.15, -0.1) is 0 Å². The zero-order chi connectivity index (χ0) is 25.3. The molecule has 0 heterocycles. The zero-order valence-corrected chi connectivity index (χ0v) is 18.9. The van der Waals surface area contributed by atoms with Gasteiger partial charge < -0.3 is 21.1 Å². The first-order chi connectivity index (χ1) is 16.0. The quantitative estimate of drug-likeness (QED) is 0.233. The molecule has 0 aromatic heterocycles. The number of benzene rings is 2. The number of hydrogen-bond acceptors (Lipinski definition) is 6. The number of ether oxygens (including phenoxy) is 1. The lowest BCUT2D eigenvalue weighted by molar-refractivity contribution is -0.144. The number of halogens is 3. The van der Waals surface area contributed by atoms with E-state index in [9.17, 15) is 22.8 Å². The molecular weight excluding hydrogens is 451 g/mol. The van der Waals surface area contributed by atoms with E-state index in [-0.39, 0.29) is 24.2 Å². The van der Waals surface area contributed by atoms with E-state index in [1.807, 2.05) is 13.8 Å². The minimum Gasteiger partial charge on any atom is -0.465 e. The maximum Gasteiger partial charge on any atom is 0.418 e. The van der Waals surface area contributed by atoms with Crippen molar-refractivity contribution in [1.82, 2.24) is 0 Å². The Morgan fingerprint density at radius 3 is 2.35 bits per heavy atom. The fourth-order valence-electron chi connectivity index (χ4n) is 2.83. The maximum absolute atomic E-state index is 13.1. The predicted molar refractivity (Wildman–Crippen MR) is 124 cm³/mol. The van der Waals surface area contributed by atoms with Gasteiger partial charge in [0.15, 0.2) is 0 Å². The minimum absolute atomic E-state index is 0.136. The summed E-state index contributed by atoms with van der Waals surface area (Å²) in [5.41, 5.74) is 5.88. The molecule has 8 nitrogen and oxygen atoms in total. The molecule has 0 atom stereocenters. The Hall–Kier alpha value is -3.73. The lowest BCUT2D eigenvalue weighted by Crippen LogP contribution is -2.26. The van der Waals surface area contributed by atoms with Crippen molar-refractivity contribution in [3.63, 3.8) is 0 Å². The van der Waals surface area contributed by atoms with E-state index >= 15 is 0 Å². The third-order valence-corrected chi connectivity index (χ3v) is 4.44. The summed E-state index contributed by atoms with van der Waals surface area (Å²) in [6.07, 6.45) is -2.49. The van der Waals surface area contributed by atoms with Gasteiger partial charge in [0.2, 0.25) is 0 Å². The molecule has 0 bridgehead atoms. The minimum atomic E-state index is -4.60. The van der Waals surface area contributed by atoms with Crippen LogP contribution in [0.1, 0.15) is 32.3 Å². The van der Waals surface area contributed by atoms with Gasteiger partial charge >= 0.3 is 18.2 Å². The number of anilines is 3. The second-order valence-electron chi connectivity index (χ2n) is 7.85. The molecule has 0 aliphatic rings. The Bertz CT molecular complexity index is 1010. The topological polar surface area (TPSA) is 123 Å². The average molecular weight is 480 g/mol. The van der Waals surface area contributed by atoms with E-state index in [1.165, 1.54) is 41.5 Å². The van der Waals surface area contributed by atoms with Gasteiger partial charge in [0, 0.05) is 30.4 Å². The summed E-state index contributed by atoms with van der Waals surface area (Å²) >= 11 is 0. The number of hydrogen-bond donors (Lipinski definition) is 4. The molecular formula is C23H28F3N5O3. The highest BCUT2D eigenvalue weighted by atomic mass is 19.4. The van der Waals surface area contributed by atoms with Gasteiger partial charge in [-0.1, -0.05) is 26.0 Å². The molecule has 2 rings (SSSR count). The number of hydrazine groups is 1. The van der Waals surface area contributed by atoms with Gasteiger partial charge in [0.1, 0.15) is 0 Å². The molecule has 2 aromatic rings. The summed E-state index contributed by atoms with van der Waals surface area (Å²) in [5, 5.41) is 5.92. The van der Waals surface area contributed by atoms with Crippen molar-refractivity contribution in [2.24, 2.45) is 17.5 Å². The van der Waals surface area contributed by atoms with Crippen LogP contribution in [0.4, 0.5) is 35.0 Å². The number of para-hydroxylation sites is 1. The highest BCUT2D eigenvalue weighted by Gasteiger charge is 2.33. The number of nitrogens with zero attached hydrogens (tertiary/aromatic N) is 1. The number of rotatable bonds is 9. The molecule has 2 amide bonds. The van der Waals surface area contributed by atoms with Crippen molar-refractivity contribution in [3.8, 4) is 0 Å². The largest absolute Gasteiger partial charge is 0.465 e. The average Bonchev–Trinajstić information content (AvgIpc) is 2.73. The highest BCUT2D eigenvalue weighted by molar-refractivity contribution is 6.00. The fourth-order valence-corrected chi connectivity index (χ4v) is 2.83. The van der Waals surface area contributed by atoms with Crippen LogP contribution in [0, 0.1) is 5.92 Å². The molecule has 0 spiro atoms. The first-order valence-corrected chi connectivity index (χ1v) is 10.5. The molecule has 0 radical (unpaired) electrons. The first kappa shape index (κ1) is 26.5. The standard InChI is InChI=1S/C23H28F3N5O3/c1-15(2)13-21(32)34-12-11-16(27)14-31(28)18-9-7-17(8-10-18)29-22(33)30-20-6-4-3-5-19(20)23(24,25)26/h3-10,14-15H,11-13,27-28H2,1-2H3,(H2,29,30,33)/b16-14-. The van der Waals surface area contributed by atoms with Crippen LogP contribution in [0.15, 0.2) is 60.4 Å². The molecule has 184 valence electrons. The van der Waals surface area contributed by atoms with Crippen LogP contribution in [0.25, 0.3) is 0 Å². The smallest absolute Gasteiger partial charge is 0.418 e. The van der Waals surface area contributed by atoms with Gasteiger partial charge in [-0.25, -0.2) is 10.6 Å². The second kappa shape index (κ2) is 11.9. The van der Waals surface area contributed by atoms with E-state index in [0.717, 1.165) is 6.07 Å². The summed E-state index contributed by atoms with van der Waals surface area (Å²) in [4.78, 5) is 23.7. The number of urea groups is 1. The Kier molecular flexibility index (Phi) is 9.31. The molecule has 34 heavy (non-hydrogen) atoms. The van der Waals surface area contributed by atoms with Gasteiger partial charge in [0.05, 0.1) is 23.5 Å². The summed E-state index contributed by atoms with van der Waals surface area (Å²) in [5.74, 6) is 5.88. The van der Waals surface area contributed by atoms with Crippen LogP contribution in [0.5, 0.6) is 0 Å². The lowest BCUT2D eigenvalue weighted by Gasteiger charge is -2.16. The van der Waals surface area contributed by atoms with Gasteiger partial charge in [-0.05, 0) is 42.3 Å². The third-order valence-electron chi connectivity index (χ3n) is 4.44. The Morgan fingerprint density at radius 1 is 1.09 bits per heavy atom. The van der Waals surface area contributed by atoms with E-state index in [0.29, 0.717) is 29.9 Å². The number of carbonyl (C=O) groups excluding carboxylic acids is 2. The molecule has 11 heteroatoms. The van der Waals surface area contributed by atoms with Gasteiger partial charge in [-0.2, -0.15) is 13.2 Å². The molecule has 0 fully saturated rings. The summed E-state index contributed by atoms with van der Waals surface area (Å²) < 4.78 is 44.3. The summed E-state index contributed by atoms with van der Waals surface area (Å²) in [6.45, 7) is 3.97.